The average Bonchev–Trinajstić information content (AvgIpc) is 3.15. The van der Waals surface area contributed by atoms with Crippen LogP contribution in [0, 0.1) is 0 Å². The van der Waals surface area contributed by atoms with Crippen LogP contribution < -0.4 is 0 Å². The Balaban J connectivity index is 1.93. The highest BCUT2D eigenvalue weighted by Gasteiger charge is 2.39. The van der Waals surface area contributed by atoms with Crippen molar-refractivity contribution in [1.82, 2.24) is 14.7 Å². The van der Waals surface area contributed by atoms with Gasteiger partial charge in [-0.25, -0.2) is 13.1 Å². The van der Waals surface area contributed by atoms with E-state index in [2.05, 4.69) is 5.10 Å². The number of aromatic nitrogens is 2. The molecule has 122 valence electrons. The van der Waals surface area contributed by atoms with Crippen LogP contribution in [0.25, 0.3) is 5.69 Å². The van der Waals surface area contributed by atoms with Gasteiger partial charge in [0.2, 0.25) is 15.0 Å². The van der Waals surface area contributed by atoms with Gasteiger partial charge in [0.15, 0.2) is 0 Å². The van der Waals surface area contributed by atoms with Crippen LogP contribution in [0.1, 0.15) is 24.9 Å². The molecule has 2 aromatic rings. The van der Waals surface area contributed by atoms with Crippen LogP contribution in [0.3, 0.4) is 0 Å². The van der Waals surface area contributed by atoms with E-state index in [4.69, 9.17) is 10.7 Å². The molecule has 0 aliphatic carbocycles. The van der Waals surface area contributed by atoms with Gasteiger partial charge in [0.05, 0.1) is 11.7 Å². The van der Waals surface area contributed by atoms with Crippen molar-refractivity contribution < 1.29 is 13.2 Å². The molecular formula is C15H16ClN3O3S. The minimum absolute atomic E-state index is 0.0693. The molecular weight excluding hydrogens is 338 g/mol. The molecule has 1 aliphatic rings. The van der Waals surface area contributed by atoms with Gasteiger partial charge in [-0.15, -0.1) is 0 Å². The van der Waals surface area contributed by atoms with Gasteiger partial charge >= 0.3 is 0 Å². The molecule has 23 heavy (non-hydrogen) atoms. The minimum atomic E-state index is -3.75. The molecule has 1 fully saturated rings. The molecule has 1 aromatic heterocycles. The van der Waals surface area contributed by atoms with Crippen LogP contribution in [0.4, 0.5) is 0 Å². The highest BCUT2D eigenvalue weighted by Crippen LogP contribution is 2.32. The highest BCUT2D eigenvalue weighted by atomic mass is 35.7. The van der Waals surface area contributed by atoms with Gasteiger partial charge in [-0.3, -0.25) is 4.79 Å². The monoisotopic (exact) mass is 353 g/mol. The van der Waals surface area contributed by atoms with Gasteiger partial charge in [0.1, 0.15) is 5.25 Å². The number of halogens is 1. The maximum atomic E-state index is 12.2. The molecule has 6 nitrogen and oxygen atoms in total. The van der Waals surface area contributed by atoms with Crippen molar-refractivity contribution >= 4 is 25.6 Å². The zero-order valence-electron chi connectivity index (χ0n) is 12.5. The molecule has 2 heterocycles. The van der Waals surface area contributed by atoms with Crippen LogP contribution in [0.5, 0.6) is 0 Å². The van der Waals surface area contributed by atoms with Crippen molar-refractivity contribution in [2.24, 2.45) is 0 Å². The van der Waals surface area contributed by atoms with E-state index in [0.717, 1.165) is 11.3 Å². The smallest absolute Gasteiger partial charge is 0.237 e. The van der Waals surface area contributed by atoms with E-state index in [9.17, 15) is 13.2 Å². The SMILES string of the molecule is CC(c1ccccc1-n1cccn1)N1CC(S(=O)(=O)Cl)CC1=O. The Kier molecular flexibility index (Phi) is 4.16. The summed E-state index contributed by atoms with van der Waals surface area (Å²) < 4.78 is 24.7. The van der Waals surface area contributed by atoms with Gasteiger partial charge in [0.25, 0.3) is 0 Å². The maximum Gasteiger partial charge on any atom is 0.237 e. The van der Waals surface area contributed by atoms with Crippen molar-refractivity contribution in [1.29, 1.82) is 0 Å². The number of nitrogens with zero attached hydrogens (tertiary/aromatic N) is 3. The number of carbonyl (C=O) groups excluding carboxylic acids is 1. The third-order valence-corrected chi connectivity index (χ3v) is 5.99. The molecule has 1 aromatic carbocycles. The fraction of sp³-hybridized carbons (Fsp3) is 0.333. The number of benzene rings is 1. The third kappa shape index (κ3) is 3.11. The zero-order chi connectivity index (χ0) is 16.6. The van der Waals surface area contributed by atoms with Crippen LogP contribution >= 0.6 is 10.7 Å². The Morgan fingerprint density at radius 3 is 2.65 bits per heavy atom. The Hall–Kier alpha value is -1.86. The van der Waals surface area contributed by atoms with Crippen LogP contribution in [-0.2, 0) is 13.8 Å². The van der Waals surface area contributed by atoms with Crippen molar-refractivity contribution in [3.05, 3.63) is 48.3 Å². The van der Waals surface area contributed by atoms with E-state index in [1.54, 1.807) is 15.8 Å². The third-order valence-electron chi connectivity index (χ3n) is 4.13. The number of amides is 1. The van der Waals surface area contributed by atoms with E-state index in [0.29, 0.717) is 0 Å². The summed E-state index contributed by atoms with van der Waals surface area (Å²) in [7, 11) is 1.67. The molecule has 8 heteroatoms. The van der Waals surface area contributed by atoms with Crippen molar-refractivity contribution in [2.45, 2.75) is 24.6 Å². The fourth-order valence-corrected chi connectivity index (χ4v) is 3.93. The van der Waals surface area contributed by atoms with E-state index in [-0.39, 0.29) is 24.9 Å². The molecule has 0 spiro atoms. The summed E-state index contributed by atoms with van der Waals surface area (Å²) in [6.45, 7) is 1.99. The zero-order valence-corrected chi connectivity index (χ0v) is 14.0. The Morgan fingerprint density at radius 2 is 2.04 bits per heavy atom. The number of likely N-dealkylation sites (tertiary alicyclic amines) is 1. The van der Waals surface area contributed by atoms with E-state index in [1.807, 2.05) is 43.5 Å². The summed E-state index contributed by atoms with van der Waals surface area (Å²) in [6.07, 6.45) is 3.43. The lowest BCUT2D eigenvalue weighted by Crippen LogP contribution is -2.30. The van der Waals surface area contributed by atoms with Crippen molar-refractivity contribution in [3.63, 3.8) is 0 Å². The molecule has 0 bridgehead atoms. The van der Waals surface area contributed by atoms with Crippen molar-refractivity contribution in [3.8, 4) is 5.69 Å². The second-order valence-corrected chi connectivity index (χ2v) is 8.44. The van der Waals surface area contributed by atoms with Crippen molar-refractivity contribution in [2.75, 3.05) is 6.54 Å². The normalized spacial score (nSPS) is 20.0. The summed E-state index contributed by atoms with van der Waals surface area (Å²) in [5.41, 5.74) is 1.76. The lowest BCUT2D eigenvalue weighted by atomic mass is 10.0. The van der Waals surface area contributed by atoms with Gasteiger partial charge in [-0.1, -0.05) is 18.2 Å². The fourth-order valence-electron chi connectivity index (χ4n) is 2.89. The first-order valence-corrected chi connectivity index (χ1v) is 9.57. The van der Waals surface area contributed by atoms with E-state index in [1.165, 1.54) is 0 Å². The number of carbonyl (C=O) groups is 1. The number of rotatable bonds is 4. The summed E-state index contributed by atoms with van der Waals surface area (Å²) in [5.74, 6) is -0.206. The lowest BCUT2D eigenvalue weighted by molar-refractivity contribution is -0.129. The van der Waals surface area contributed by atoms with Crippen LogP contribution in [-0.4, -0.2) is 40.8 Å². The predicted molar refractivity (Wildman–Crippen MR) is 86.9 cm³/mol. The highest BCUT2D eigenvalue weighted by molar-refractivity contribution is 8.14. The largest absolute Gasteiger partial charge is 0.334 e. The molecule has 1 amide bonds. The van der Waals surface area contributed by atoms with Gasteiger partial charge in [-0.05, 0) is 19.1 Å². The predicted octanol–water partition coefficient (Wildman–Crippen LogP) is 2.10. The average molecular weight is 354 g/mol. The molecule has 0 N–H and O–H groups in total. The minimum Gasteiger partial charge on any atom is -0.334 e. The first kappa shape index (κ1) is 16.0. The number of hydrogen-bond acceptors (Lipinski definition) is 4. The number of para-hydroxylation sites is 1. The summed E-state index contributed by atoms with van der Waals surface area (Å²) in [5, 5.41) is 3.37. The molecule has 0 radical (unpaired) electrons. The lowest BCUT2D eigenvalue weighted by Gasteiger charge is -2.26. The second-order valence-electron chi connectivity index (χ2n) is 5.53. The Morgan fingerprint density at radius 1 is 1.30 bits per heavy atom. The second kappa shape index (κ2) is 5.98. The van der Waals surface area contributed by atoms with E-state index >= 15 is 0 Å². The van der Waals surface area contributed by atoms with Crippen LogP contribution in [0.2, 0.25) is 0 Å². The van der Waals surface area contributed by atoms with Gasteiger partial charge in [-0.2, -0.15) is 5.10 Å². The summed E-state index contributed by atoms with van der Waals surface area (Å²) in [4.78, 5) is 13.8. The van der Waals surface area contributed by atoms with Gasteiger partial charge in [0, 0.05) is 41.6 Å². The Labute approximate surface area is 139 Å². The maximum absolute atomic E-state index is 12.2. The number of hydrogen-bond donors (Lipinski definition) is 0. The first-order chi connectivity index (χ1) is 10.9. The van der Waals surface area contributed by atoms with Gasteiger partial charge < -0.3 is 4.90 Å². The quantitative estimate of drug-likeness (QED) is 0.789. The topological polar surface area (TPSA) is 72.3 Å². The molecule has 3 rings (SSSR count). The van der Waals surface area contributed by atoms with Crippen LogP contribution in [0.15, 0.2) is 42.7 Å². The standard InChI is InChI=1S/C15H16ClN3O3S/c1-11(18-10-12(9-15(18)20)23(16,21)22)13-5-2-3-6-14(13)19-8-4-7-17-19/h2-8,11-12H,9-10H2,1H3. The molecule has 1 saturated heterocycles. The first-order valence-electron chi connectivity index (χ1n) is 7.20. The molecule has 1 aliphatic heterocycles. The molecule has 2 atom stereocenters. The summed E-state index contributed by atoms with van der Waals surface area (Å²) in [6, 6.07) is 9.15. The molecule has 2 unspecified atom stereocenters. The molecule has 0 saturated carbocycles. The Bertz CT molecular complexity index is 820. The van der Waals surface area contributed by atoms with E-state index < -0.39 is 14.3 Å². The summed E-state index contributed by atoms with van der Waals surface area (Å²) >= 11 is 0.